The predicted molar refractivity (Wildman–Crippen MR) is 155 cm³/mol. The Labute approximate surface area is 233 Å². The molecule has 208 valence electrons. The number of nitrogens with one attached hydrogen (secondary N) is 1. The molecule has 0 fully saturated rings. The van der Waals surface area contributed by atoms with Crippen molar-refractivity contribution in [2.45, 2.75) is 40.2 Å². The molecule has 2 amide bonds. The van der Waals surface area contributed by atoms with E-state index in [0.29, 0.717) is 59.0 Å². The Morgan fingerprint density at radius 3 is 2.30 bits per heavy atom. The zero-order valence-electron chi connectivity index (χ0n) is 23.2. The second-order valence-corrected chi connectivity index (χ2v) is 9.15. The summed E-state index contributed by atoms with van der Waals surface area (Å²) in [5, 5.41) is 3.40. The molecule has 9 nitrogen and oxygen atoms in total. The molecular formula is C31H34N4O5. The zero-order valence-corrected chi connectivity index (χ0v) is 23.2. The van der Waals surface area contributed by atoms with Gasteiger partial charge in [-0.2, -0.15) is 0 Å². The van der Waals surface area contributed by atoms with Crippen LogP contribution in [0.3, 0.4) is 0 Å². The first-order valence-electron chi connectivity index (χ1n) is 13.5. The number of amides is 2. The molecule has 40 heavy (non-hydrogen) atoms. The lowest BCUT2D eigenvalue weighted by Crippen LogP contribution is -2.40. The Kier molecular flexibility index (Phi) is 9.16. The molecule has 0 aliphatic heterocycles. The summed E-state index contributed by atoms with van der Waals surface area (Å²) >= 11 is 0. The molecule has 1 aromatic heterocycles. The van der Waals surface area contributed by atoms with Gasteiger partial charge in [0.05, 0.1) is 41.4 Å². The monoisotopic (exact) mass is 542 g/mol. The van der Waals surface area contributed by atoms with Crippen molar-refractivity contribution in [3.63, 3.8) is 0 Å². The maximum atomic E-state index is 13.8. The second kappa shape index (κ2) is 12.9. The molecule has 1 atom stereocenters. The maximum Gasteiger partial charge on any atom is 0.338 e. The molecule has 3 aromatic carbocycles. The first kappa shape index (κ1) is 28.4. The Bertz CT molecular complexity index is 1530. The summed E-state index contributed by atoms with van der Waals surface area (Å²) in [6, 6.07) is 20.1. The number of hydrogen-bond acceptors (Lipinski definition) is 6. The van der Waals surface area contributed by atoms with Crippen molar-refractivity contribution < 1.29 is 19.1 Å². The van der Waals surface area contributed by atoms with Crippen LogP contribution < -0.4 is 15.6 Å². The zero-order chi connectivity index (χ0) is 28.6. The number of benzene rings is 3. The number of carbonyl (C=O) groups is 2. The van der Waals surface area contributed by atoms with Crippen molar-refractivity contribution >= 4 is 28.6 Å². The van der Waals surface area contributed by atoms with Gasteiger partial charge in [0, 0.05) is 12.2 Å². The number of para-hydroxylation sites is 1. The van der Waals surface area contributed by atoms with Gasteiger partial charge >= 0.3 is 12.0 Å². The molecule has 0 aliphatic rings. The Morgan fingerprint density at radius 1 is 0.950 bits per heavy atom. The van der Waals surface area contributed by atoms with E-state index in [1.165, 1.54) is 0 Å². The second-order valence-electron chi connectivity index (χ2n) is 9.15. The molecule has 0 bridgehead atoms. The number of nitrogens with zero attached hydrogens (tertiary/aromatic N) is 3. The molecule has 1 heterocycles. The minimum atomic E-state index is -0.553. The summed E-state index contributed by atoms with van der Waals surface area (Å²) in [6.45, 7) is 8.75. The fourth-order valence-electron chi connectivity index (χ4n) is 4.49. The molecule has 0 radical (unpaired) electrons. The van der Waals surface area contributed by atoms with Crippen LogP contribution in [0.5, 0.6) is 5.75 Å². The average molecular weight is 543 g/mol. The summed E-state index contributed by atoms with van der Waals surface area (Å²) in [7, 11) is 0. The Balaban J connectivity index is 1.71. The first-order valence-corrected chi connectivity index (χ1v) is 13.5. The molecule has 0 aliphatic carbocycles. The lowest BCUT2D eigenvalue weighted by Gasteiger charge is -2.30. The molecule has 0 saturated carbocycles. The lowest BCUT2D eigenvalue weighted by atomic mass is 10.1. The van der Waals surface area contributed by atoms with Gasteiger partial charge in [0.1, 0.15) is 11.6 Å². The van der Waals surface area contributed by atoms with Crippen LogP contribution >= 0.6 is 0 Å². The summed E-state index contributed by atoms with van der Waals surface area (Å²) in [6.07, 6.45) is 0.695. The van der Waals surface area contributed by atoms with E-state index < -0.39 is 12.0 Å². The lowest BCUT2D eigenvalue weighted by molar-refractivity contribution is 0.0526. The molecule has 4 rings (SSSR count). The highest BCUT2D eigenvalue weighted by molar-refractivity contribution is 5.92. The van der Waals surface area contributed by atoms with E-state index in [1.807, 2.05) is 51.1 Å². The van der Waals surface area contributed by atoms with Crippen LogP contribution in [0.1, 0.15) is 56.3 Å². The predicted octanol–water partition coefficient (Wildman–Crippen LogP) is 5.97. The number of esters is 1. The minimum Gasteiger partial charge on any atom is -0.494 e. The number of urea groups is 1. The topological polar surface area (TPSA) is 103 Å². The van der Waals surface area contributed by atoms with Gasteiger partial charge in [0.25, 0.3) is 5.56 Å². The Hall–Kier alpha value is -4.66. The number of anilines is 1. The van der Waals surface area contributed by atoms with Crippen molar-refractivity contribution in [3.8, 4) is 11.4 Å². The molecule has 1 N–H and O–H groups in total. The van der Waals surface area contributed by atoms with Gasteiger partial charge in [-0.25, -0.2) is 14.6 Å². The van der Waals surface area contributed by atoms with Crippen molar-refractivity contribution in [1.29, 1.82) is 0 Å². The van der Waals surface area contributed by atoms with Crippen LogP contribution in [0.4, 0.5) is 10.5 Å². The molecule has 4 aromatic rings. The third-order valence-electron chi connectivity index (χ3n) is 6.42. The van der Waals surface area contributed by atoms with Crippen molar-refractivity contribution in [2.24, 2.45) is 0 Å². The van der Waals surface area contributed by atoms with Crippen molar-refractivity contribution in [2.75, 3.05) is 25.1 Å². The van der Waals surface area contributed by atoms with Crippen molar-refractivity contribution in [3.05, 3.63) is 94.5 Å². The third kappa shape index (κ3) is 6.14. The van der Waals surface area contributed by atoms with Crippen molar-refractivity contribution in [1.82, 2.24) is 14.5 Å². The summed E-state index contributed by atoms with van der Waals surface area (Å²) < 4.78 is 12.2. The van der Waals surface area contributed by atoms with Crippen LogP contribution in [-0.4, -0.2) is 46.2 Å². The van der Waals surface area contributed by atoms with E-state index in [4.69, 9.17) is 14.5 Å². The quantitative estimate of drug-likeness (QED) is 0.248. The molecule has 1 unspecified atom stereocenters. The first-order chi connectivity index (χ1) is 19.4. The van der Waals surface area contributed by atoms with E-state index in [1.54, 1.807) is 58.9 Å². The van der Waals surface area contributed by atoms with E-state index in [0.717, 1.165) is 0 Å². The van der Waals surface area contributed by atoms with E-state index in [-0.39, 0.29) is 18.2 Å². The van der Waals surface area contributed by atoms with E-state index in [9.17, 15) is 14.4 Å². The highest BCUT2D eigenvalue weighted by atomic mass is 16.5. The van der Waals surface area contributed by atoms with Crippen LogP contribution in [0.25, 0.3) is 16.6 Å². The van der Waals surface area contributed by atoms with Crippen LogP contribution in [0.2, 0.25) is 0 Å². The molecule has 9 heteroatoms. The summed E-state index contributed by atoms with van der Waals surface area (Å²) in [5.74, 6) is 0.717. The van der Waals surface area contributed by atoms with E-state index in [2.05, 4.69) is 5.32 Å². The van der Waals surface area contributed by atoms with Gasteiger partial charge in [-0.1, -0.05) is 19.1 Å². The minimum absolute atomic E-state index is 0.219. The fourth-order valence-corrected chi connectivity index (χ4v) is 4.49. The van der Waals surface area contributed by atoms with Gasteiger partial charge < -0.3 is 19.7 Å². The number of fused-ring (bicyclic) bond motifs is 1. The number of aromatic nitrogens is 2. The molecule has 0 saturated heterocycles. The molecule has 0 spiro atoms. The summed E-state index contributed by atoms with van der Waals surface area (Å²) in [5.41, 5.74) is 1.89. The fraction of sp³-hybridized carbons (Fsp3) is 0.290. The van der Waals surface area contributed by atoms with Gasteiger partial charge in [-0.3, -0.25) is 9.36 Å². The standard InChI is InChI=1S/C31H34N4O5/c1-5-20-34(31(38)32-23-14-12-22(13-15-23)30(37)40-7-3)21(4)28-33-27-11-9-8-10-26(27)29(36)35(28)24-16-18-25(19-17-24)39-6-2/h8-19,21H,5-7,20H2,1-4H3,(H,32,38). The highest BCUT2D eigenvalue weighted by Gasteiger charge is 2.26. The van der Waals surface area contributed by atoms with Gasteiger partial charge in [0.15, 0.2) is 0 Å². The summed E-state index contributed by atoms with van der Waals surface area (Å²) in [4.78, 5) is 45.8. The molecular weight excluding hydrogens is 508 g/mol. The van der Waals surface area contributed by atoms with Gasteiger partial charge in [0.2, 0.25) is 0 Å². The highest BCUT2D eigenvalue weighted by Crippen LogP contribution is 2.25. The van der Waals surface area contributed by atoms with Gasteiger partial charge in [-0.15, -0.1) is 0 Å². The smallest absolute Gasteiger partial charge is 0.338 e. The van der Waals surface area contributed by atoms with Crippen LogP contribution in [0.15, 0.2) is 77.6 Å². The Morgan fingerprint density at radius 2 is 1.65 bits per heavy atom. The normalized spacial score (nSPS) is 11.6. The number of ether oxygens (including phenoxy) is 2. The SMILES string of the molecule is CCCN(C(=O)Nc1ccc(C(=O)OCC)cc1)C(C)c1nc2ccccc2c(=O)n1-c1ccc(OCC)cc1. The van der Waals surface area contributed by atoms with Gasteiger partial charge in [-0.05, 0) is 87.9 Å². The number of hydrogen-bond donors (Lipinski definition) is 1. The number of carbonyl (C=O) groups excluding carboxylic acids is 2. The van der Waals surface area contributed by atoms with Crippen LogP contribution in [-0.2, 0) is 4.74 Å². The third-order valence-corrected chi connectivity index (χ3v) is 6.42. The largest absolute Gasteiger partial charge is 0.494 e. The average Bonchev–Trinajstić information content (AvgIpc) is 2.96. The maximum absolute atomic E-state index is 13.8. The number of rotatable bonds is 10. The van der Waals surface area contributed by atoms with Crippen LogP contribution in [0, 0.1) is 0 Å². The van der Waals surface area contributed by atoms with E-state index >= 15 is 0 Å².